The molecule has 0 radical (unpaired) electrons. The van der Waals surface area contributed by atoms with E-state index >= 15 is 0 Å². The number of aryl methyl sites for hydroxylation is 1. The van der Waals surface area contributed by atoms with Gasteiger partial charge in [0.25, 0.3) is 0 Å². The second-order valence-electron chi connectivity index (χ2n) is 4.74. The molecule has 3 aromatic rings. The fraction of sp³-hybridized carbons (Fsp3) is 0.200. The first-order valence-electron chi connectivity index (χ1n) is 6.84. The monoisotopic (exact) mass is 386 g/mol. The minimum absolute atomic E-state index is 0.421. The zero-order valence-electron chi connectivity index (χ0n) is 12.4. The number of nitrogens with zero attached hydrogens (tertiary/aromatic N) is 4. The van der Waals surface area contributed by atoms with E-state index in [2.05, 4.69) is 4.98 Å². The van der Waals surface area contributed by atoms with Crippen LogP contribution in [0.25, 0.3) is 16.9 Å². The van der Waals surface area contributed by atoms with E-state index in [0.29, 0.717) is 15.1 Å². The summed E-state index contributed by atoms with van der Waals surface area (Å²) in [6.07, 6.45) is 7.37. The Morgan fingerprint density at radius 2 is 1.87 bits per heavy atom. The van der Waals surface area contributed by atoms with Crippen LogP contribution in [-0.4, -0.2) is 25.6 Å². The number of aromatic nitrogens is 4. The van der Waals surface area contributed by atoms with Gasteiger partial charge in [-0.1, -0.05) is 34.8 Å². The highest BCUT2D eigenvalue weighted by atomic mass is 35.5. The standard InChI is InChI=1S/C15H13Cl3N4S/c1-3-22-15(23-2)14(21-5-4-19-8-21)13(20-22)9-6-11(17)12(18)7-10(9)16/h4-8H,3H2,1-2H3. The van der Waals surface area contributed by atoms with Crippen LogP contribution < -0.4 is 0 Å². The van der Waals surface area contributed by atoms with Gasteiger partial charge >= 0.3 is 0 Å². The number of imidazole rings is 1. The summed E-state index contributed by atoms with van der Waals surface area (Å²) in [5.74, 6) is 0. The van der Waals surface area contributed by atoms with Gasteiger partial charge in [-0.3, -0.25) is 4.68 Å². The van der Waals surface area contributed by atoms with E-state index < -0.39 is 0 Å². The lowest BCUT2D eigenvalue weighted by Gasteiger charge is -2.08. The third kappa shape index (κ3) is 2.98. The maximum atomic E-state index is 6.39. The third-order valence-corrected chi connectivity index (χ3v) is 5.23. The normalized spacial score (nSPS) is 11.2. The van der Waals surface area contributed by atoms with Crippen molar-refractivity contribution in [1.82, 2.24) is 19.3 Å². The quantitative estimate of drug-likeness (QED) is 0.442. The number of halogens is 3. The molecule has 8 heteroatoms. The van der Waals surface area contributed by atoms with Crippen molar-refractivity contribution in [2.45, 2.75) is 18.5 Å². The second kappa shape index (κ2) is 6.77. The smallest absolute Gasteiger partial charge is 0.119 e. The van der Waals surface area contributed by atoms with Gasteiger partial charge in [-0.25, -0.2) is 4.98 Å². The molecular formula is C15H13Cl3N4S. The number of benzene rings is 1. The van der Waals surface area contributed by atoms with Crippen molar-refractivity contribution in [3.63, 3.8) is 0 Å². The Hall–Kier alpha value is -1.14. The molecule has 23 heavy (non-hydrogen) atoms. The Kier molecular flexibility index (Phi) is 4.92. The first kappa shape index (κ1) is 16.7. The molecule has 0 amide bonds. The lowest BCUT2D eigenvalue weighted by Crippen LogP contribution is -1.99. The molecule has 0 unspecified atom stereocenters. The van der Waals surface area contributed by atoms with Crippen molar-refractivity contribution in [3.05, 3.63) is 45.9 Å². The first-order valence-corrected chi connectivity index (χ1v) is 9.20. The molecule has 3 rings (SSSR count). The van der Waals surface area contributed by atoms with Crippen molar-refractivity contribution < 1.29 is 0 Å². The van der Waals surface area contributed by atoms with Crippen molar-refractivity contribution in [2.75, 3.05) is 6.26 Å². The number of rotatable bonds is 4. The van der Waals surface area contributed by atoms with Crippen LogP contribution in [0, 0.1) is 0 Å². The summed E-state index contributed by atoms with van der Waals surface area (Å²) in [6, 6.07) is 3.39. The Labute approximate surface area is 153 Å². The van der Waals surface area contributed by atoms with E-state index in [0.717, 1.165) is 28.5 Å². The summed E-state index contributed by atoms with van der Waals surface area (Å²) in [6.45, 7) is 2.79. The molecule has 0 saturated carbocycles. The molecule has 0 atom stereocenters. The molecule has 120 valence electrons. The minimum atomic E-state index is 0.421. The van der Waals surface area contributed by atoms with Gasteiger partial charge in [0.15, 0.2) is 0 Å². The Morgan fingerprint density at radius 3 is 2.48 bits per heavy atom. The zero-order chi connectivity index (χ0) is 16.6. The van der Waals surface area contributed by atoms with Crippen LogP contribution in [0.2, 0.25) is 15.1 Å². The average molecular weight is 388 g/mol. The summed E-state index contributed by atoms with van der Waals surface area (Å²) in [5, 5.41) is 7.12. The van der Waals surface area contributed by atoms with Crippen molar-refractivity contribution >= 4 is 46.6 Å². The highest BCUT2D eigenvalue weighted by Crippen LogP contribution is 2.40. The maximum Gasteiger partial charge on any atom is 0.119 e. The SMILES string of the molecule is CCn1nc(-c2cc(Cl)c(Cl)cc2Cl)c(-n2ccnc2)c1SC. The lowest BCUT2D eigenvalue weighted by atomic mass is 10.1. The Bertz CT molecular complexity index is 843. The summed E-state index contributed by atoms with van der Waals surface area (Å²) >= 11 is 20.2. The molecule has 2 aromatic heterocycles. The van der Waals surface area contributed by atoms with Crippen molar-refractivity contribution in [3.8, 4) is 16.9 Å². The van der Waals surface area contributed by atoms with Gasteiger partial charge in [0.05, 0.1) is 21.4 Å². The van der Waals surface area contributed by atoms with E-state index in [1.165, 1.54) is 0 Å². The summed E-state index contributed by atoms with van der Waals surface area (Å²) < 4.78 is 3.87. The fourth-order valence-corrected chi connectivity index (χ4v) is 3.78. The van der Waals surface area contributed by atoms with Gasteiger partial charge in [0.1, 0.15) is 16.4 Å². The van der Waals surface area contributed by atoms with Crippen molar-refractivity contribution in [1.29, 1.82) is 0 Å². The molecule has 0 aliphatic carbocycles. The zero-order valence-corrected chi connectivity index (χ0v) is 15.5. The average Bonchev–Trinajstić information content (AvgIpc) is 3.17. The summed E-state index contributed by atoms with van der Waals surface area (Å²) in [5.41, 5.74) is 2.42. The van der Waals surface area contributed by atoms with Crippen LogP contribution in [0.3, 0.4) is 0 Å². The molecule has 0 spiro atoms. The predicted octanol–water partition coefficient (Wildman–Crippen LogP) is 5.44. The van der Waals surface area contributed by atoms with E-state index in [4.69, 9.17) is 39.9 Å². The van der Waals surface area contributed by atoms with E-state index in [9.17, 15) is 0 Å². The van der Waals surface area contributed by atoms with Crippen LogP contribution in [0.1, 0.15) is 6.92 Å². The maximum absolute atomic E-state index is 6.39. The Balaban J connectivity index is 2.32. The molecule has 0 bridgehead atoms. The topological polar surface area (TPSA) is 35.6 Å². The second-order valence-corrected chi connectivity index (χ2v) is 6.75. The van der Waals surface area contributed by atoms with Gasteiger partial charge in [0, 0.05) is 24.5 Å². The molecule has 0 aliphatic rings. The van der Waals surface area contributed by atoms with E-state index in [1.54, 1.807) is 36.4 Å². The molecule has 2 heterocycles. The molecule has 4 nitrogen and oxygen atoms in total. The number of hydrogen-bond acceptors (Lipinski definition) is 3. The predicted molar refractivity (Wildman–Crippen MR) is 97.3 cm³/mol. The van der Waals surface area contributed by atoms with Gasteiger partial charge in [-0.2, -0.15) is 5.10 Å². The van der Waals surface area contributed by atoms with Gasteiger partial charge in [-0.15, -0.1) is 11.8 Å². The van der Waals surface area contributed by atoms with Gasteiger partial charge in [0.2, 0.25) is 0 Å². The molecule has 1 aromatic carbocycles. The highest BCUT2D eigenvalue weighted by molar-refractivity contribution is 7.98. The van der Waals surface area contributed by atoms with E-state index in [-0.39, 0.29) is 0 Å². The summed E-state index contributed by atoms with van der Waals surface area (Å²) in [4.78, 5) is 4.13. The number of thioether (sulfide) groups is 1. The molecule has 0 aliphatic heterocycles. The van der Waals surface area contributed by atoms with Crippen LogP contribution in [0.5, 0.6) is 0 Å². The van der Waals surface area contributed by atoms with Crippen LogP contribution in [-0.2, 0) is 6.54 Å². The van der Waals surface area contributed by atoms with Crippen LogP contribution >= 0.6 is 46.6 Å². The largest absolute Gasteiger partial charge is 0.302 e. The highest BCUT2D eigenvalue weighted by Gasteiger charge is 2.22. The van der Waals surface area contributed by atoms with Crippen LogP contribution in [0.15, 0.2) is 35.9 Å². The van der Waals surface area contributed by atoms with Gasteiger partial charge < -0.3 is 4.57 Å². The minimum Gasteiger partial charge on any atom is -0.302 e. The van der Waals surface area contributed by atoms with Crippen molar-refractivity contribution in [2.24, 2.45) is 0 Å². The fourth-order valence-electron chi connectivity index (χ4n) is 2.36. The van der Waals surface area contributed by atoms with Crippen LogP contribution in [0.4, 0.5) is 0 Å². The Morgan fingerprint density at radius 1 is 1.13 bits per heavy atom. The molecule has 0 fully saturated rings. The molecular weight excluding hydrogens is 375 g/mol. The summed E-state index contributed by atoms with van der Waals surface area (Å²) in [7, 11) is 0. The first-order chi connectivity index (χ1) is 11.1. The molecule has 0 N–H and O–H groups in total. The number of hydrogen-bond donors (Lipinski definition) is 0. The van der Waals surface area contributed by atoms with E-state index in [1.807, 2.05) is 28.6 Å². The molecule has 0 saturated heterocycles. The van der Waals surface area contributed by atoms with Gasteiger partial charge in [-0.05, 0) is 25.3 Å². The third-order valence-electron chi connectivity index (χ3n) is 3.40. The lowest BCUT2D eigenvalue weighted by molar-refractivity contribution is 0.605.